The maximum absolute atomic E-state index is 11.3. The molecule has 0 aliphatic heterocycles. The molecule has 4 aromatic rings. The number of rotatable bonds is 9. The second kappa shape index (κ2) is 9.25. The fourth-order valence-electron chi connectivity index (χ4n) is 3.30. The van der Waals surface area contributed by atoms with E-state index >= 15 is 0 Å². The maximum Gasteiger partial charge on any atom is 0.238 e. The van der Waals surface area contributed by atoms with Crippen molar-refractivity contribution >= 4 is 31.5 Å². The number of nitrogens with zero attached hydrogens (tertiary/aromatic N) is 3. The van der Waals surface area contributed by atoms with Crippen LogP contribution in [0.25, 0.3) is 16.2 Å². The van der Waals surface area contributed by atoms with Gasteiger partial charge in [0.15, 0.2) is 11.5 Å². The van der Waals surface area contributed by atoms with Gasteiger partial charge in [0, 0.05) is 12.1 Å². The molecule has 0 fully saturated rings. The van der Waals surface area contributed by atoms with Crippen LogP contribution >= 0.6 is 11.3 Å². The van der Waals surface area contributed by atoms with Crippen LogP contribution in [0.1, 0.15) is 5.56 Å². The smallest absolute Gasteiger partial charge is 0.238 e. The summed E-state index contributed by atoms with van der Waals surface area (Å²) in [5.74, 6) is 1.62. The van der Waals surface area contributed by atoms with Crippen LogP contribution in [-0.2, 0) is 16.4 Å². The number of ether oxygens (including phenoxy) is 3. The quantitative estimate of drug-likeness (QED) is 0.367. The first-order valence-corrected chi connectivity index (χ1v) is 12.2. The standard InChI is InChI=1S/C21H23N5O5S2/c1-29-17-10-14(11-18(30-2)19(17)31-3)16-12-26-21(24-16)32-20(25-26)23-9-8-13-4-6-15(7-5-13)33(22,27)28/h4-7,10-12H,8-9H2,1-3H3,(H,23,25)(H2,22,27,28). The second-order valence-electron chi connectivity index (χ2n) is 7.04. The fourth-order valence-corrected chi connectivity index (χ4v) is 4.62. The zero-order valence-corrected chi connectivity index (χ0v) is 19.9. The fraction of sp³-hybridized carbons (Fsp3) is 0.238. The minimum atomic E-state index is -3.68. The Labute approximate surface area is 195 Å². The molecule has 0 atom stereocenters. The summed E-state index contributed by atoms with van der Waals surface area (Å²) in [5.41, 5.74) is 2.54. The summed E-state index contributed by atoms with van der Waals surface area (Å²) in [6.45, 7) is 0.630. The number of nitrogens with two attached hydrogens (primary N) is 1. The zero-order chi connectivity index (χ0) is 23.6. The van der Waals surface area contributed by atoms with Crippen molar-refractivity contribution in [2.75, 3.05) is 33.2 Å². The molecule has 2 heterocycles. The van der Waals surface area contributed by atoms with Gasteiger partial charge in [0.1, 0.15) is 0 Å². The Morgan fingerprint density at radius 1 is 1.06 bits per heavy atom. The van der Waals surface area contributed by atoms with E-state index in [1.54, 1.807) is 38.0 Å². The third kappa shape index (κ3) is 4.87. The van der Waals surface area contributed by atoms with E-state index in [9.17, 15) is 8.42 Å². The Morgan fingerprint density at radius 3 is 2.27 bits per heavy atom. The Bertz CT molecular complexity index is 1320. The molecule has 0 aliphatic carbocycles. The van der Waals surface area contributed by atoms with Crippen LogP contribution in [-0.4, -0.2) is 50.9 Å². The Hall–Kier alpha value is -3.35. The van der Waals surface area contributed by atoms with Crippen molar-refractivity contribution in [1.29, 1.82) is 0 Å². The minimum absolute atomic E-state index is 0.100. The predicted octanol–water partition coefficient (Wildman–Crippen LogP) is 2.79. The number of methoxy groups -OCH3 is 3. The van der Waals surface area contributed by atoms with Crippen molar-refractivity contribution in [2.45, 2.75) is 11.3 Å². The van der Waals surface area contributed by atoms with Crippen LogP contribution in [0.4, 0.5) is 5.13 Å². The van der Waals surface area contributed by atoms with Gasteiger partial charge in [-0.1, -0.05) is 23.5 Å². The number of imidazole rings is 1. The SMILES string of the molecule is COc1cc(-c2cn3nc(NCCc4ccc(S(N)(=O)=O)cc4)sc3n2)cc(OC)c1OC. The van der Waals surface area contributed by atoms with Crippen LogP contribution < -0.4 is 24.7 Å². The molecule has 10 nitrogen and oxygen atoms in total. The number of fused-ring (bicyclic) bond motifs is 1. The van der Waals surface area contributed by atoms with Crippen LogP contribution in [0.5, 0.6) is 17.2 Å². The molecule has 0 bridgehead atoms. The average molecular weight is 490 g/mol. The zero-order valence-electron chi connectivity index (χ0n) is 18.2. The van der Waals surface area contributed by atoms with E-state index in [1.165, 1.54) is 23.5 Å². The molecule has 0 aliphatic rings. The Morgan fingerprint density at radius 2 is 1.73 bits per heavy atom. The summed E-state index contributed by atoms with van der Waals surface area (Å²) < 4.78 is 40.6. The number of primary sulfonamides is 1. The molecule has 0 unspecified atom stereocenters. The Balaban J connectivity index is 1.45. The van der Waals surface area contributed by atoms with Gasteiger partial charge in [0.05, 0.1) is 38.1 Å². The first-order chi connectivity index (χ1) is 15.8. The van der Waals surface area contributed by atoms with Gasteiger partial charge in [-0.2, -0.15) is 0 Å². The van der Waals surface area contributed by atoms with Crippen LogP contribution in [0.15, 0.2) is 47.5 Å². The number of sulfonamides is 1. The molecule has 0 radical (unpaired) electrons. The molecule has 0 amide bonds. The molecular formula is C21H23N5O5S2. The van der Waals surface area contributed by atoms with Gasteiger partial charge in [-0.15, -0.1) is 5.10 Å². The summed E-state index contributed by atoms with van der Waals surface area (Å²) >= 11 is 1.43. The average Bonchev–Trinajstić information content (AvgIpc) is 3.36. The second-order valence-corrected chi connectivity index (χ2v) is 9.56. The van der Waals surface area contributed by atoms with E-state index < -0.39 is 10.0 Å². The van der Waals surface area contributed by atoms with E-state index in [-0.39, 0.29) is 4.90 Å². The number of hydrogen-bond donors (Lipinski definition) is 2. The normalized spacial score (nSPS) is 11.5. The number of nitrogens with one attached hydrogen (secondary N) is 1. The molecule has 12 heteroatoms. The Kier molecular flexibility index (Phi) is 6.40. The third-order valence-corrected chi connectivity index (χ3v) is 6.75. The molecule has 0 saturated carbocycles. The minimum Gasteiger partial charge on any atom is -0.493 e. The van der Waals surface area contributed by atoms with Crippen molar-refractivity contribution in [1.82, 2.24) is 14.6 Å². The molecular weight excluding hydrogens is 466 g/mol. The summed E-state index contributed by atoms with van der Waals surface area (Å²) in [6.07, 6.45) is 2.53. The van der Waals surface area contributed by atoms with Gasteiger partial charge < -0.3 is 19.5 Å². The lowest BCUT2D eigenvalue weighted by Gasteiger charge is -2.13. The lowest BCUT2D eigenvalue weighted by molar-refractivity contribution is 0.324. The van der Waals surface area contributed by atoms with Gasteiger partial charge in [0.25, 0.3) is 0 Å². The summed E-state index contributed by atoms with van der Waals surface area (Å²) in [5, 5.41) is 13.7. The van der Waals surface area contributed by atoms with Crippen molar-refractivity contribution in [3.63, 3.8) is 0 Å². The monoisotopic (exact) mass is 489 g/mol. The highest BCUT2D eigenvalue weighted by molar-refractivity contribution is 7.89. The third-order valence-electron chi connectivity index (χ3n) is 4.95. The topological polar surface area (TPSA) is 130 Å². The lowest BCUT2D eigenvalue weighted by Crippen LogP contribution is -2.12. The number of anilines is 1. The molecule has 2 aromatic carbocycles. The van der Waals surface area contributed by atoms with E-state index in [2.05, 4.69) is 15.4 Å². The lowest BCUT2D eigenvalue weighted by atomic mass is 10.1. The van der Waals surface area contributed by atoms with Gasteiger partial charge in [0.2, 0.25) is 25.9 Å². The summed E-state index contributed by atoms with van der Waals surface area (Å²) in [7, 11) is 1.02. The van der Waals surface area contributed by atoms with Gasteiger partial charge >= 0.3 is 0 Å². The highest BCUT2D eigenvalue weighted by Crippen LogP contribution is 2.41. The van der Waals surface area contributed by atoms with Crippen molar-refractivity contribution in [3.8, 4) is 28.5 Å². The van der Waals surface area contributed by atoms with Crippen molar-refractivity contribution < 1.29 is 22.6 Å². The van der Waals surface area contributed by atoms with Crippen molar-refractivity contribution in [3.05, 3.63) is 48.2 Å². The first-order valence-electron chi connectivity index (χ1n) is 9.84. The van der Waals surface area contributed by atoms with Gasteiger partial charge in [-0.05, 0) is 36.2 Å². The maximum atomic E-state index is 11.3. The molecule has 0 saturated heterocycles. The van der Waals surface area contributed by atoms with E-state index in [4.69, 9.17) is 19.3 Å². The number of aromatic nitrogens is 3. The highest BCUT2D eigenvalue weighted by Gasteiger charge is 2.17. The molecule has 174 valence electrons. The molecule has 2 aromatic heterocycles. The predicted molar refractivity (Wildman–Crippen MR) is 126 cm³/mol. The molecule has 3 N–H and O–H groups in total. The molecule has 0 spiro atoms. The van der Waals surface area contributed by atoms with Crippen molar-refractivity contribution in [2.24, 2.45) is 5.14 Å². The first kappa shape index (κ1) is 22.8. The molecule has 4 rings (SSSR count). The van der Waals surface area contributed by atoms with E-state index in [0.29, 0.717) is 30.2 Å². The van der Waals surface area contributed by atoms with Crippen LogP contribution in [0.3, 0.4) is 0 Å². The van der Waals surface area contributed by atoms with E-state index in [1.807, 2.05) is 18.3 Å². The largest absolute Gasteiger partial charge is 0.493 e. The van der Waals surface area contributed by atoms with Crippen LogP contribution in [0, 0.1) is 0 Å². The summed E-state index contributed by atoms with van der Waals surface area (Å²) in [4.78, 5) is 5.50. The summed E-state index contributed by atoms with van der Waals surface area (Å²) in [6, 6.07) is 10.2. The number of hydrogen-bond acceptors (Lipinski definition) is 9. The van der Waals surface area contributed by atoms with Crippen LogP contribution in [0.2, 0.25) is 0 Å². The van der Waals surface area contributed by atoms with Gasteiger partial charge in [-0.25, -0.2) is 23.1 Å². The van der Waals surface area contributed by atoms with Gasteiger partial charge in [-0.3, -0.25) is 0 Å². The van der Waals surface area contributed by atoms with E-state index in [0.717, 1.165) is 26.9 Å². The molecule has 33 heavy (non-hydrogen) atoms. The number of benzene rings is 2. The highest BCUT2D eigenvalue weighted by atomic mass is 32.2.